The molecule has 0 bridgehead atoms. The highest BCUT2D eigenvalue weighted by atomic mass is 19.1. The lowest BCUT2D eigenvalue weighted by molar-refractivity contribution is 0.141. The molecule has 2 aliphatic rings. The maximum absolute atomic E-state index is 13.4. The second-order valence-electron chi connectivity index (χ2n) is 6.06. The highest BCUT2D eigenvalue weighted by Crippen LogP contribution is 2.26. The molecule has 2 saturated heterocycles. The van der Waals surface area contributed by atoms with E-state index in [0.29, 0.717) is 5.69 Å². The van der Waals surface area contributed by atoms with Crippen LogP contribution in [0.2, 0.25) is 0 Å². The van der Waals surface area contributed by atoms with Crippen molar-refractivity contribution in [1.82, 2.24) is 4.90 Å². The first-order valence-electron chi connectivity index (χ1n) is 7.77. The second-order valence-corrected chi connectivity index (χ2v) is 6.06. The van der Waals surface area contributed by atoms with E-state index >= 15 is 0 Å². The normalized spacial score (nSPS) is 22.1. The van der Waals surface area contributed by atoms with Gasteiger partial charge in [0.1, 0.15) is 5.82 Å². The molecule has 0 aliphatic carbocycles. The zero-order valence-electron chi connectivity index (χ0n) is 12.0. The molecule has 3 nitrogen and oxygen atoms in total. The minimum Gasteiger partial charge on any atom is -0.399 e. The summed E-state index contributed by atoms with van der Waals surface area (Å²) in [5.41, 5.74) is 7.18. The molecule has 0 unspecified atom stereocenters. The summed E-state index contributed by atoms with van der Waals surface area (Å²) in [7, 11) is 0. The van der Waals surface area contributed by atoms with Crippen molar-refractivity contribution in [3.05, 3.63) is 24.0 Å². The number of nitrogens with zero attached hydrogens (tertiary/aromatic N) is 2. The highest BCUT2D eigenvalue weighted by molar-refractivity contribution is 5.56. The molecule has 1 aromatic rings. The van der Waals surface area contributed by atoms with Crippen LogP contribution in [0.4, 0.5) is 15.8 Å². The van der Waals surface area contributed by atoms with Crippen molar-refractivity contribution in [2.75, 3.05) is 36.8 Å². The molecule has 2 N–H and O–H groups in total. The van der Waals surface area contributed by atoms with E-state index in [9.17, 15) is 4.39 Å². The standard InChI is InChI=1S/C16H24FN3/c17-13-10-14(18)12-16(11-13)20-8-4-15(5-9-20)19-6-2-1-3-7-19/h10-12,15H,1-9,18H2. The van der Waals surface area contributed by atoms with Gasteiger partial charge in [0, 0.05) is 30.5 Å². The summed E-state index contributed by atoms with van der Waals surface area (Å²) in [6.07, 6.45) is 6.44. The van der Waals surface area contributed by atoms with Gasteiger partial charge in [0.25, 0.3) is 0 Å². The third kappa shape index (κ3) is 3.06. The number of rotatable bonds is 2. The van der Waals surface area contributed by atoms with Crippen LogP contribution in [0.1, 0.15) is 32.1 Å². The topological polar surface area (TPSA) is 32.5 Å². The van der Waals surface area contributed by atoms with Crippen LogP contribution >= 0.6 is 0 Å². The van der Waals surface area contributed by atoms with Gasteiger partial charge < -0.3 is 15.5 Å². The Hall–Kier alpha value is -1.29. The smallest absolute Gasteiger partial charge is 0.127 e. The fourth-order valence-electron chi connectivity index (χ4n) is 3.55. The van der Waals surface area contributed by atoms with E-state index in [0.717, 1.165) is 24.8 Å². The van der Waals surface area contributed by atoms with Gasteiger partial charge in [-0.1, -0.05) is 6.42 Å². The monoisotopic (exact) mass is 277 g/mol. The predicted molar refractivity (Wildman–Crippen MR) is 81.5 cm³/mol. The summed E-state index contributed by atoms with van der Waals surface area (Å²) in [6.45, 7) is 4.53. The van der Waals surface area contributed by atoms with Crippen LogP contribution in [-0.2, 0) is 0 Å². The average molecular weight is 277 g/mol. The van der Waals surface area contributed by atoms with Crippen LogP contribution in [0.15, 0.2) is 18.2 Å². The molecule has 3 rings (SSSR count). The number of likely N-dealkylation sites (tertiary alicyclic amines) is 1. The van der Waals surface area contributed by atoms with Gasteiger partial charge in [0.15, 0.2) is 0 Å². The first-order valence-corrected chi connectivity index (χ1v) is 7.77. The summed E-state index contributed by atoms with van der Waals surface area (Å²) in [5.74, 6) is -0.238. The van der Waals surface area contributed by atoms with Gasteiger partial charge in [-0.3, -0.25) is 0 Å². The van der Waals surface area contributed by atoms with E-state index in [1.807, 2.05) is 6.07 Å². The van der Waals surface area contributed by atoms with E-state index in [2.05, 4.69) is 9.80 Å². The maximum Gasteiger partial charge on any atom is 0.127 e. The zero-order chi connectivity index (χ0) is 13.9. The Kier molecular flexibility index (Phi) is 4.10. The molecular formula is C16H24FN3. The number of benzene rings is 1. The van der Waals surface area contributed by atoms with Crippen LogP contribution in [0.5, 0.6) is 0 Å². The van der Waals surface area contributed by atoms with Crippen LogP contribution in [0.25, 0.3) is 0 Å². The fraction of sp³-hybridized carbons (Fsp3) is 0.625. The molecule has 0 aromatic heterocycles. The van der Waals surface area contributed by atoms with Crippen LogP contribution in [-0.4, -0.2) is 37.1 Å². The minimum atomic E-state index is -0.238. The third-order valence-corrected chi connectivity index (χ3v) is 4.64. The predicted octanol–water partition coefficient (Wildman–Crippen LogP) is 2.86. The number of nitrogens with two attached hydrogens (primary N) is 1. The summed E-state index contributed by atoms with van der Waals surface area (Å²) in [5, 5.41) is 0. The number of piperidine rings is 2. The number of hydrogen-bond donors (Lipinski definition) is 1. The van der Waals surface area contributed by atoms with Crippen molar-refractivity contribution < 1.29 is 4.39 Å². The number of halogens is 1. The summed E-state index contributed by atoms with van der Waals surface area (Å²) in [6, 6.07) is 5.57. The lowest BCUT2D eigenvalue weighted by Gasteiger charge is -2.41. The van der Waals surface area contributed by atoms with Gasteiger partial charge >= 0.3 is 0 Å². The highest BCUT2D eigenvalue weighted by Gasteiger charge is 2.25. The van der Waals surface area contributed by atoms with Crippen molar-refractivity contribution in [3.63, 3.8) is 0 Å². The molecule has 2 heterocycles. The Labute approximate surface area is 120 Å². The molecule has 4 heteroatoms. The van der Waals surface area contributed by atoms with Crippen molar-refractivity contribution in [2.45, 2.75) is 38.1 Å². The van der Waals surface area contributed by atoms with Gasteiger partial charge in [-0.2, -0.15) is 0 Å². The van der Waals surface area contributed by atoms with Gasteiger partial charge in [-0.15, -0.1) is 0 Å². The molecule has 110 valence electrons. The van der Waals surface area contributed by atoms with Crippen molar-refractivity contribution in [2.24, 2.45) is 0 Å². The van der Waals surface area contributed by atoms with E-state index in [1.54, 1.807) is 6.07 Å². The van der Waals surface area contributed by atoms with Crippen LogP contribution < -0.4 is 10.6 Å². The minimum absolute atomic E-state index is 0.238. The van der Waals surface area contributed by atoms with E-state index in [4.69, 9.17) is 5.73 Å². The van der Waals surface area contributed by atoms with Crippen LogP contribution in [0.3, 0.4) is 0 Å². The Balaban J connectivity index is 1.60. The summed E-state index contributed by atoms with van der Waals surface area (Å²) < 4.78 is 13.4. The first kappa shape index (κ1) is 13.7. The van der Waals surface area contributed by atoms with Crippen molar-refractivity contribution >= 4 is 11.4 Å². The summed E-state index contributed by atoms with van der Waals surface area (Å²) in [4.78, 5) is 4.92. The van der Waals surface area contributed by atoms with Gasteiger partial charge in [0.2, 0.25) is 0 Å². The van der Waals surface area contributed by atoms with Crippen molar-refractivity contribution in [1.29, 1.82) is 0 Å². The molecular weight excluding hydrogens is 253 g/mol. The molecule has 0 radical (unpaired) electrons. The number of anilines is 2. The number of hydrogen-bond acceptors (Lipinski definition) is 3. The van der Waals surface area contributed by atoms with Crippen LogP contribution in [0, 0.1) is 5.82 Å². The van der Waals surface area contributed by atoms with E-state index in [1.165, 1.54) is 51.3 Å². The molecule has 0 spiro atoms. The van der Waals surface area contributed by atoms with E-state index < -0.39 is 0 Å². The molecule has 2 fully saturated rings. The van der Waals surface area contributed by atoms with Crippen molar-refractivity contribution in [3.8, 4) is 0 Å². The maximum atomic E-state index is 13.4. The van der Waals surface area contributed by atoms with E-state index in [-0.39, 0.29) is 5.82 Å². The molecule has 2 aliphatic heterocycles. The Morgan fingerprint density at radius 2 is 1.65 bits per heavy atom. The Bertz CT molecular complexity index is 429. The molecule has 0 atom stereocenters. The lowest BCUT2D eigenvalue weighted by Crippen LogP contribution is -2.46. The van der Waals surface area contributed by atoms with Gasteiger partial charge in [-0.25, -0.2) is 4.39 Å². The molecule has 1 aromatic carbocycles. The molecule has 0 saturated carbocycles. The largest absolute Gasteiger partial charge is 0.399 e. The second kappa shape index (κ2) is 6.00. The zero-order valence-corrected chi connectivity index (χ0v) is 12.0. The lowest BCUT2D eigenvalue weighted by atomic mass is 9.99. The Morgan fingerprint density at radius 3 is 2.30 bits per heavy atom. The first-order chi connectivity index (χ1) is 9.72. The Morgan fingerprint density at radius 1 is 0.950 bits per heavy atom. The fourth-order valence-corrected chi connectivity index (χ4v) is 3.55. The van der Waals surface area contributed by atoms with Gasteiger partial charge in [-0.05, 0) is 57.0 Å². The summed E-state index contributed by atoms with van der Waals surface area (Å²) >= 11 is 0. The quantitative estimate of drug-likeness (QED) is 0.844. The third-order valence-electron chi connectivity index (χ3n) is 4.64. The molecule has 20 heavy (non-hydrogen) atoms. The average Bonchev–Trinajstić information content (AvgIpc) is 2.47. The molecule has 0 amide bonds. The SMILES string of the molecule is Nc1cc(F)cc(N2CCC(N3CCCCC3)CC2)c1. The number of nitrogen functional groups attached to an aromatic ring is 1. The van der Waals surface area contributed by atoms with Gasteiger partial charge in [0.05, 0.1) is 0 Å².